The number of hydrogen-bond donors (Lipinski definition) is 0. The van der Waals surface area contributed by atoms with Crippen LogP contribution in [-0.2, 0) is 17.7 Å². The highest BCUT2D eigenvalue weighted by atomic mass is 16.5. The molecular formula is C15H20N2O. The van der Waals surface area contributed by atoms with E-state index in [9.17, 15) is 0 Å². The van der Waals surface area contributed by atoms with Crippen molar-refractivity contribution >= 4 is 0 Å². The first kappa shape index (κ1) is 12.8. The van der Waals surface area contributed by atoms with Crippen LogP contribution < -0.4 is 0 Å². The van der Waals surface area contributed by atoms with Crippen molar-refractivity contribution in [1.82, 2.24) is 9.78 Å². The third kappa shape index (κ3) is 2.79. The second-order valence-electron chi connectivity index (χ2n) is 4.48. The largest absolute Gasteiger partial charge is 0.383 e. The van der Waals surface area contributed by atoms with Crippen molar-refractivity contribution in [2.24, 2.45) is 0 Å². The van der Waals surface area contributed by atoms with E-state index in [0.717, 1.165) is 18.5 Å². The predicted octanol–water partition coefficient (Wildman–Crippen LogP) is 3.07. The van der Waals surface area contributed by atoms with E-state index in [4.69, 9.17) is 4.74 Å². The number of ether oxygens (including phenoxy) is 1. The number of aryl methyl sites for hydroxylation is 2. The lowest BCUT2D eigenvalue weighted by atomic mass is 10.0. The van der Waals surface area contributed by atoms with E-state index >= 15 is 0 Å². The van der Waals surface area contributed by atoms with Crippen LogP contribution in [0.1, 0.15) is 18.1 Å². The summed E-state index contributed by atoms with van der Waals surface area (Å²) in [7, 11) is 1.71. The topological polar surface area (TPSA) is 27.1 Å². The summed E-state index contributed by atoms with van der Waals surface area (Å²) < 4.78 is 6.97. The van der Waals surface area contributed by atoms with E-state index in [0.29, 0.717) is 6.61 Å². The van der Waals surface area contributed by atoms with Gasteiger partial charge in [-0.1, -0.05) is 25.1 Å². The van der Waals surface area contributed by atoms with Gasteiger partial charge in [0.25, 0.3) is 0 Å². The molecule has 96 valence electrons. The number of hydrogen-bond acceptors (Lipinski definition) is 2. The molecule has 0 atom stereocenters. The SMILES string of the molecule is CCc1ccc(-c2cnn(CCOC)c2)cc1C. The number of benzene rings is 1. The molecule has 3 nitrogen and oxygen atoms in total. The molecule has 0 N–H and O–H groups in total. The van der Waals surface area contributed by atoms with Gasteiger partial charge in [0.15, 0.2) is 0 Å². The van der Waals surface area contributed by atoms with E-state index < -0.39 is 0 Å². The molecule has 3 heteroatoms. The molecule has 0 aliphatic heterocycles. The van der Waals surface area contributed by atoms with E-state index in [-0.39, 0.29) is 0 Å². The van der Waals surface area contributed by atoms with Gasteiger partial charge in [0.1, 0.15) is 0 Å². The van der Waals surface area contributed by atoms with Gasteiger partial charge in [-0.3, -0.25) is 4.68 Å². The molecule has 1 heterocycles. The van der Waals surface area contributed by atoms with Crippen molar-refractivity contribution in [3.63, 3.8) is 0 Å². The molecule has 0 aliphatic rings. The Bertz CT molecular complexity index is 517. The zero-order valence-corrected chi connectivity index (χ0v) is 11.3. The zero-order valence-electron chi connectivity index (χ0n) is 11.3. The van der Waals surface area contributed by atoms with Gasteiger partial charge in [-0.2, -0.15) is 5.10 Å². The molecule has 1 aromatic carbocycles. The summed E-state index contributed by atoms with van der Waals surface area (Å²) in [5.41, 5.74) is 5.15. The summed E-state index contributed by atoms with van der Waals surface area (Å²) >= 11 is 0. The van der Waals surface area contributed by atoms with Gasteiger partial charge in [-0.15, -0.1) is 0 Å². The molecule has 0 spiro atoms. The molecule has 0 bridgehead atoms. The average Bonchev–Trinajstić information content (AvgIpc) is 2.85. The predicted molar refractivity (Wildman–Crippen MR) is 73.7 cm³/mol. The van der Waals surface area contributed by atoms with E-state index in [1.807, 2.05) is 10.9 Å². The maximum atomic E-state index is 5.05. The van der Waals surface area contributed by atoms with Crippen molar-refractivity contribution < 1.29 is 4.74 Å². The molecule has 0 amide bonds. The van der Waals surface area contributed by atoms with Gasteiger partial charge < -0.3 is 4.74 Å². The first-order valence-corrected chi connectivity index (χ1v) is 6.36. The number of nitrogens with zero attached hydrogens (tertiary/aromatic N) is 2. The Morgan fingerprint density at radius 3 is 2.78 bits per heavy atom. The van der Waals surface area contributed by atoms with Gasteiger partial charge in [0, 0.05) is 18.9 Å². The van der Waals surface area contributed by atoms with Crippen LogP contribution in [0.2, 0.25) is 0 Å². The summed E-state index contributed by atoms with van der Waals surface area (Å²) in [6, 6.07) is 6.61. The van der Waals surface area contributed by atoms with Crippen LogP contribution in [0.25, 0.3) is 11.1 Å². The number of aromatic nitrogens is 2. The standard InChI is InChI=1S/C15H20N2O/c1-4-13-5-6-14(9-12(13)2)15-10-16-17(11-15)7-8-18-3/h5-6,9-11H,4,7-8H2,1-3H3. The molecule has 1 aromatic heterocycles. The molecule has 0 unspecified atom stereocenters. The van der Waals surface area contributed by atoms with Crippen LogP contribution >= 0.6 is 0 Å². The molecule has 2 aromatic rings. The highest BCUT2D eigenvalue weighted by molar-refractivity contribution is 5.63. The van der Waals surface area contributed by atoms with Crippen molar-refractivity contribution in [3.8, 4) is 11.1 Å². The smallest absolute Gasteiger partial charge is 0.0658 e. The Kier molecular flexibility index (Phi) is 4.15. The Balaban J connectivity index is 2.20. The van der Waals surface area contributed by atoms with Gasteiger partial charge in [0.2, 0.25) is 0 Å². The van der Waals surface area contributed by atoms with Crippen LogP contribution in [0.15, 0.2) is 30.6 Å². The highest BCUT2D eigenvalue weighted by Gasteiger charge is 2.04. The average molecular weight is 244 g/mol. The molecule has 0 fully saturated rings. The summed E-state index contributed by atoms with van der Waals surface area (Å²) in [6.07, 6.45) is 5.06. The van der Waals surface area contributed by atoms with E-state index in [1.165, 1.54) is 16.7 Å². The Hall–Kier alpha value is -1.61. The molecular weight excluding hydrogens is 224 g/mol. The minimum Gasteiger partial charge on any atom is -0.383 e. The highest BCUT2D eigenvalue weighted by Crippen LogP contribution is 2.22. The van der Waals surface area contributed by atoms with Crippen LogP contribution in [0.5, 0.6) is 0 Å². The Morgan fingerprint density at radius 2 is 2.11 bits per heavy atom. The second-order valence-corrected chi connectivity index (χ2v) is 4.48. The lowest BCUT2D eigenvalue weighted by Gasteiger charge is -2.05. The van der Waals surface area contributed by atoms with Crippen molar-refractivity contribution in [2.45, 2.75) is 26.8 Å². The summed E-state index contributed by atoms with van der Waals surface area (Å²) in [5, 5.41) is 4.34. The van der Waals surface area contributed by atoms with Crippen LogP contribution in [0.3, 0.4) is 0 Å². The minimum atomic E-state index is 0.689. The lowest BCUT2D eigenvalue weighted by molar-refractivity contribution is 0.183. The van der Waals surface area contributed by atoms with Gasteiger partial charge in [-0.05, 0) is 30.0 Å². The number of rotatable bonds is 5. The molecule has 0 radical (unpaired) electrons. The zero-order chi connectivity index (χ0) is 13.0. The van der Waals surface area contributed by atoms with Crippen molar-refractivity contribution in [2.75, 3.05) is 13.7 Å². The van der Waals surface area contributed by atoms with Crippen molar-refractivity contribution in [3.05, 3.63) is 41.7 Å². The lowest BCUT2D eigenvalue weighted by Crippen LogP contribution is -2.03. The number of methoxy groups -OCH3 is 1. The first-order chi connectivity index (χ1) is 8.74. The fourth-order valence-electron chi connectivity index (χ4n) is 2.09. The molecule has 0 saturated heterocycles. The fraction of sp³-hybridized carbons (Fsp3) is 0.400. The monoisotopic (exact) mass is 244 g/mol. The quantitative estimate of drug-likeness (QED) is 0.808. The Morgan fingerprint density at radius 1 is 1.28 bits per heavy atom. The second kappa shape index (κ2) is 5.83. The van der Waals surface area contributed by atoms with E-state index in [2.05, 4.69) is 43.3 Å². The third-order valence-electron chi connectivity index (χ3n) is 3.21. The fourth-order valence-corrected chi connectivity index (χ4v) is 2.09. The van der Waals surface area contributed by atoms with Gasteiger partial charge in [0.05, 0.1) is 19.3 Å². The van der Waals surface area contributed by atoms with Crippen molar-refractivity contribution in [1.29, 1.82) is 0 Å². The molecule has 18 heavy (non-hydrogen) atoms. The Labute approximate surface area is 108 Å². The third-order valence-corrected chi connectivity index (χ3v) is 3.21. The summed E-state index contributed by atoms with van der Waals surface area (Å²) in [5.74, 6) is 0. The van der Waals surface area contributed by atoms with Crippen LogP contribution in [0, 0.1) is 6.92 Å². The normalized spacial score (nSPS) is 10.8. The van der Waals surface area contributed by atoms with Crippen LogP contribution in [-0.4, -0.2) is 23.5 Å². The molecule has 0 saturated carbocycles. The minimum absolute atomic E-state index is 0.689. The maximum absolute atomic E-state index is 5.05. The summed E-state index contributed by atoms with van der Waals surface area (Å²) in [6.45, 7) is 5.83. The summed E-state index contributed by atoms with van der Waals surface area (Å²) in [4.78, 5) is 0. The van der Waals surface area contributed by atoms with Gasteiger partial charge in [-0.25, -0.2) is 0 Å². The maximum Gasteiger partial charge on any atom is 0.0658 e. The van der Waals surface area contributed by atoms with Gasteiger partial charge >= 0.3 is 0 Å². The van der Waals surface area contributed by atoms with Crippen LogP contribution in [0.4, 0.5) is 0 Å². The first-order valence-electron chi connectivity index (χ1n) is 6.36. The molecule has 2 rings (SSSR count). The van der Waals surface area contributed by atoms with E-state index in [1.54, 1.807) is 7.11 Å². The molecule has 0 aliphatic carbocycles.